The summed E-state index contributed by atoms with van der Waals surface area (Å²) in [5.74, 6) is 1.82. The highest BCUT2D eigenvalue weighted by atomic mass is 35.5. The molecule has 7 rings (SSSR count). The molecule has 3 aliphatic heterocycles. The molecule has 0 saturated carbocycles. The van der Waals surface area contributed by atoms with E-state index in [1.54, 1.807) is 0 Å². The zero-order chi connectivity index (χ0) is 20.7. The van der Waals surface area contributed by atoms with Gasteiger partial charge in [0.05, 0.1) is 23.5 Å². The van der Waals surface area contributed by atoms with E-state index in [1.807, 2.05) is 19.1 Å². The summed E-state index contributed by atoms with van der Waals surface area (Å²) in [6, 6.07) is 25.4. The van der Waals surface area contributed by atoms with Crippen molar-refractivity contribution in [2.45, 2.75) is 6.92 Å². The molecular weight excluding hydrogens is 404 g/mol. The summed E-state index contributed by atoms with van der Waals surface area (Å²) in [6.45, 7) is 2.66. The van der Waals surface area contributed by atoms with E-state index < -0.39 is 0 Å². The molecule has 0 fully saturated rings. The molecule has 0 radical (unpaired) electrons. The van der Waals surface area contributed by atoms with Crippen LogP contribution in [0.4, 0.5) is 17.2 Å². The van der Waals surface area contributed by atoms with Crippen LogP contribution in [-0.4, -0.2) is 11.6 Å². The molecule has 0 unspecified atom stereocenters. The highest BCUT2D eigenvalue weighted by Gasteiger charge is 2.30. The lowest BCUT2D eigenvalue weighted by molar-refractivity contribution is 0.341. The van der Waals surface area contributed by atoms with Gasteiger partial charge in [0.15, 0.2) is 0 Å². The topological polar surface area (TPSA) is 25.4 Å². The Morgan fingerprint density at radius 3 is 2.61 bits per heavy atom. The summed E-state index contributed by atoms with van der Waals surface area (Å²) in [5, 5.41) is 8.86. The van der Waals surface area contributed by atoms with Crippen LogP contribution in [0.1, 0.15) is 6.92 Å². The number of nitrogens with zero attached hydrogens (tertiary/aromatic N) is 2. The Labute approximate surface area is 183 Å². The van der Waals surface area contributed by atoms with Crippen LogP contribution in [0.25, 0.3) is 43.2 Å². The monoisotopic (exact) mass is 420 g/mol. The Bertz CT molecular complexity index is 1670. The van der Waals surface area contributed by atoms with Gasteiger partial charge in [-0.2, -0.15) is 0 Å². The van der Waals surface area contributed by atoms with E-state index in [0.717, 1.165) is 33.5 Å². The van der Waals surface area contributed by atoms with Crippen LogP contribution in [0.15, 0.2) is 72.8 Å². The van der Waals surface area contributed by atoms with Crippen molar-refractivity contribution in [1.82, 2.24) is 4.98 Å². The lowest BCUT2D eigenvalue weighted by Crippen LogP contribution is -2.18. The predicted molar refractivity (Wildman–Crippen MR) is 130 cm³/mol. The van der Waals surface area contributed by atoms with Gasteiger partial charge in [-0.3, -0.25) is 4.90 Å². The largest absolute Gasteiger partial charge is 0.494 e. The van der Waals surface area contributed by atoms with Crippen molar-refractivity contribution >= 4 is 72.0 Å². The van der Waals surface area contributed by atoms with Crippen LogP contribution in [0.3, 0.4) is 0 Å². The molecule has 148 valence electrons. The predicted octanol–water partition coefficient (Wildman–Crippen LogP) is 7.97. The van der Waals surface area contributed by atoms with Crippen molar-refractivity contribution < 1.29 is 4.74 Å². The van der Waals surface area contributed by atoms with Crippen LogP contribution in [0.2, 0.25) is 5.02 Å². The van der Waals surface area contributed by atoms with Gasteiger partial charge in [-0.25, -0.2) is 4.98 Å². The molecule has 4 heteroatoms. The third-order valence-electron chi connectivity index (χ3n) is 6.32. The summed E-state index contributed by atoms with van der Waals surface area (Å²) in [4.78, 5) is 7.44. The van der Waals surface area contributed by atoms with Gasteiger partial charge in [0.1, 0.15) is 11.6 Å². The van der Waals surface area contributed by atoms with E-state index in [-0.39, 0.29) is 0 Å². The maximum absolute atomic E-state index is 6.39. The minimum Gasteiger partial charge on any atom is -0.494 e. The lowest BCUT2D eigenvalue weighted by atomic mass is 9.92. The number of anilines is 3. The normalized spacial score (nSPS) is 12.9. The number of ether oxygens (including phenoxy) is 1. The molecule has 4 aromatic carbocycles. The molecule has 0 aromatic heterocycles. The average Bonchev–Trinajstić information content (AvgIpc) is 2.79. The number of halogens is 1. The van der Waals surface area contributed by atoms with Crippen LogP contribution in [0.5, 0.6) is 5.75 Å². The quantitative estimate of drug-likeness (QED) is 0.283. The summed E-state index contributed by atoms with van der Waals surface area (Å²) >= 11 is 6.39. The number of hydrogen-bond acceptors (Lipinski definition) is 3. The second-order valence-electron chi connectivity index (χ2n) is 8.01. The molecule has 3 nitrogen and oxygen atoms in total. The molecule has 0 saturated heterocycles. The van der Waals surface area contributed by atoms with Gasteiger partial charge in [0.2, 0.25) is 0 Å². The van der Waals surface area contributed by atoms with E-state index >= 15 is 0 Å². The second-order valence-corrected chi connectivity index (χ2v) is 8.45. The van der Waals surface area contributed by atoms with Crippen LogP contribution >= 0.6 is 11.6 Å². The van der Waals surface area contributed by atoms with Gasteiger partial charge in [-0.15, -0.1) is 0 Å². The van der Waals surface area contributed by atoms with Gasteiger partial charge in [0, 0.05) is 26.6 Å². The van der Waals surface area contributed by atoms with Gasteiger partial charge < -0.3 is 4.74 Å². The molecule has 0 aliphatic carbocycles. The van der Waals surface area contributed by atoms with Gasteiger partial charge in [0.25, 0.3) is 0 Å². The van der Waals surface area contributed by atoms with E-state index in [4.69, 9.17) is 21.3 Å². The third-order valence-corrected chi connectivity index (χ3v) is 6.55. The van der Waals surface area contributed by atoms with E-state index in [2.05, 4.69) is 65.6 Å². The number of aromatic nitrogens is 1. The zero-order valence-corrected chi connectivity index (χ0v) is 17.6. The van der Waals surface area contributed by atoms with Crippen molar-refractivity contribution in [2.75, 3.05) is 11.5 Å². The number of rotatable bonds is 2. The van der Waals surface area contributed by atoms with Gasteiger partial charge in [-0.05, 0) is 65.5 Å². The highest BCUT2D eigenvalue weighted by molar-refractivity contribution is 6.32. The average molecular weight is 421 g/mol. The first-order valence-electron chi connectivity index (χ1n) is 10.5. The summed E-state index contributed by atoms with van der Waals surface area (Å²) in [7, 11) is 0. The standard InChI is InChI=1S/C27H17ClN2O/c1-2-31-18-9-11-19-22(14-18)20-10-7-15-4-3-5-23-25(15)26(20)30-24(19)12-16-6-8-17(28)13-21(16)27(30)29-23/h3-14H,2H2,1H3. The molecular formula is C27H17ClN2O. The number of hydrogen-bond donors (Lipinski definition) is 0. The van der Waals surface area contributed by atoms with E-state index in [9.17, 15) is 0 Å². The zero-order valence-electron chi connectivity index (χ0n) is 16.8. The molecule has 0 bridgehead atoms. The maximum atomic E-state index is 6.39. The first-order chi connectivity index (χ1) is 15.2. The fraction of sp³-hybridized carbons (Fsp3) is 0.0741. The Morgan fingerprint density at radius 2 is 1.71 bits per heavy atom. The minimum atomic E-state index is 0.646. The second kappa shape index (κ2) is 5.99. The minimum absolute atomic E-state index is 0.646. The van der Waals surface area contributed by atoms with Crippen molar-refractivity contribution in [3.05, 3.63) is 77.8 Å². The molecule has 3 heterocycles. The Kier molecular flexibility index (Phi) is 3.32. The Balaban J connectivity index is 1.80. The maximum Gasteiger partial charge on any atom is 0.146 e. The van der Waals surface area contributed by atoms with E-state index in [1.165, 1.54) is 32.6 Å². The van der Waals surface area contributed by atoms with Crippen molar-refractivity contribution in [3.8, 4) is 5.75 Å². The molecule has 0 N–H and O–H groups in total. The summed E-state index contributed by atoms with van der Waals surface area (Å²) in [6.07, 6.45) is 0. The van der Waals surface area contributed by atoms with Crippen LogP contribution < -0.4 is 9.64 Å². The smallest absolute Gasteiger partial charge is 0.146 e. The number of benzene rings is 4. The van der Waals surface area contributed by atoms with Gasteiger partial charge in [-0.1, -0.05) is 41.9 Å². The van der Waals surface area contributed by atoms with E-state index in [0.29, 0.717) is 11.6 Å². The molecule has 0 spiro atoms. The van der Waals surface area contributed by atoms with Crippen molar-refractivity contribution in [2.24, 2.45) is 0 Å². The fourth-order valence-corrected chi connectivity index (χ4v) is 5.23. The summed E-state index contributed by atoms with van der Waals surface area (Å²) < 4.78 is 5.84. The molecule has 31 heavy (non-hydrogen) atoms. The third kappa shape index (κ3) is 2.21. The molecule has 0 atom stereocenters. The lowest BCUT2D eigenvalue weighted by Gasteiger charge is -2.35. The Hall–Kier alpha value is -3.56. The summed E-state index contributed by atoms with van der Waals surface area (Å²) in [5.41, 5.74) is 3.33. The Morgan fingerprint density at radius 1 is 0.839 bits per heavy atom. The SMILES string of the molecule is CCOc1ccc2c3cc4ccc(Cl)cc4c4nc5cccc6ccc(c(c65)N43)c2c1. The van der Waals surface area contributed by atoms with Crippen LogP contribution in [-0.2, 0) is 0 Å². The van der Waals surface area contributed by atoms with Crippen molar-refractivity contribution in [1.29, 1.82) is 0 Å². The van der Waals surface area contributed by atoms with Crippen LogP contribution in [0, 0.1) is 0 Å². The van der Waals surface area contributed by atoms with Crippen molar-refractivity contribution in [3.63, 3.8) is 0 Å². The van der Waals surface area contributed by atoms with Gasteiger partial charge >= 0.3 is 0 Å². The highest BCUT2D eigenvalue weighted by Crippen LogP contribution is 2.54. The molecule has 0 amide bonds. The fourth-order valence-electron chi connectivity index (χ4n) is 5.05. The molecule has 4 aromatic rings. The first kappa shape index (κ1) is 17.2. The first-order valence-corrected chi connectivity index (χ1v) is 10.8. The number of fused-ring (bicyclic) bond motifs is 5. The molecule has 3 aliphatic rings.